The first-order chi connectivity index (χ1) is 6.86. The number of aromatic nitrogens is 4. The zero-order valence-electron chi connectivity index (χ0n) is 7.40. The van der Waals surface area contributed by atoms with E-state index >= 15 is 0 Å². The molecule has 6 nitrogen and oxygen atoms in total. The van der Waals surface area contributed by atoms with Crippen molar-refractivity contribution < 1.29 is 4.74 Å². The minimum Gasteiger partial charge on any atom is -0.463 e. The number of nitrogens with zero attached hydrogens (tertiary/aromatic N) is 3. The summed E-state index contributed by atoms with van der Waals surface area (Å²) in [4.78, 5) is 11.2. The lowest BCUT2D eigenvalue weighted by Gasteiger charge is -1.97. The second-order valence-electron chi connectivity index (χ2n) is 3.09. The van der Waals surface area contributed by atoms with Crippen molar-refractivity contribution in [3.8, 4) is 17.4 Å². The smallest absolute Gasteiger partial charge is 0.298 e. The predicted octanol–water partition coefficient (Wildman–Crippen LogP) is 0.248. The van der Waals surface area contributed by atoms with Crippen molar-refractivity contribution in [1.82, 2.24) is 19.5 Å². The highest BCUT2D eigenvalue weighted by Crippen LogP contribution is 2.30. The van der Waals surface area contributed by atoms with Gasteiger partial charge in [0.15, 0.2) is 0 Å². The first-order valence-electron chi connectivity index (χ1n) is 4.34. The minimum atomic E-state index is 0.590. The van der Waals surface area contributed by atoms with Crippen molar-refractivity contribution in [3.63, 3.8) is 0 Å². The summed E-state index contributed by atoms with van der Waals surface area (Å²) >= 11 is 0. The highest BCUT2D eigenvalue weighted by molar-refractivity contribution is 5.68. The Balaban J connectivity index is 2.17. The van der Waals surface area contributed by atoms with E-state index in [1.54, 1.807) is 12.5 Å². The molecule has 3 rings (SSSR count). The number of rotatable bonds is 1. The standard InChI is InChI=1S/C8H9N5O/c9-7-6(5-3-10-4-11-5)12-8-13(7)1-2-14-8/h3-4H,1-2,9H2,(H,10,11). The Hall–Kier alpha value is -1.98. The lowest BCUT2D eigenvalue weighted by Crippen LogP contribution is -2.00. The molecule has 3 heterocycles. The lowest BCUT2D eigenvalue weighted by molar-refractivity contribution is 0.345. The van der Waals surface area contributed by atoms with E-state index in [2.05, 4.69) is 15.0 Å². The van der Waals surface area contributed by atoms with Gasteiger partial charge in [0, 0.05) is 0 Å². The summed E-state index contributed by atoms with van der Waals surface area (Å²) in [7, 11) is 0. The number of H-pyrrole nitrogens is 1. The molecule has 3 N–H and O–H groups in total. The van der Waals surface area contributed by atoms with Crippen LogP contribution in [0.4, 0.5) is 5.82 Å². The maximum atomic E-state index is 5.92. The van der Waals surface area contributed by atoms with Crippen LogP contribution in [0.2, 0.25) is 0 Å². The van der Waals surface area contributed by atoms with E-state index in [0.717, 1.165) is 12.2 Å². The Kier molecular flexibility index (Phi) is 1.33. The zero-order valence-corrected chi connectivity index (χ0v) is 7.40. The number of anilines is 1. The predicted molar refractivity (Wildman–Crippen MR) is 49.7 cm³/mol. The fourth-order valence-corrected chi connectivity index (χ4v) is 1.58. The van der Waals surface area contributed by atoms with Gasteiger partial charge in [0.1, 0.15) is 18.1 Å². The molecule has 2 aromatic heterocycles. The molecule has 0 saturated carbocycles. The average Bonchev–Trinajstić information content (AvgIpc) is 2.84. The number of nitrogen functional groups attached to an aromatic ring is 1. The highest BCUT2D eigenvalue weighted by atomic mass is 16.5. The Morgan fingerprint density at radius 3 is 3.21 bits per heavy atom. The summed E-state index contributed by atoms with van der Waals surface area (Å²) in [5.74, 6) is 0.627. The third kappa shape index (κ3) is 0.847. The van der Waals surface area contributed by atoms with Gasteiger partial charge in [0.25, 0.3) is 6.01 Å². The normalized spacial score (nSPS) is 14.0. The molecule has 0 bridgehead atoms. The van der Waals surface area contributed by atoms with Gasteiger partial charge in [-0.05, 0) is 0 Å². The summed E-state index contributed by atoms with van der Waals surface area (Å²) in [6, 6.07) is 0.590. The molecule has 0 aromatic carbocycles. The van der Waals surface area contributed by atoms with Crippen LogP contribution in [0.1, 0.15) is 0 Å². The zero-order chi connectivity index (χ0) is 9.54. The summed E-state index contributed by atoms with van der Waals surface area (Å²) < 4.78 is 7.15. The molecule has 0 atom stereocenters. The molecule has 14 heavy (non-hydrogen) atoms. The Labute approximate surface area is 79.7 Å². The van der Waals surface area contributed by atoms with Crippen LogP contribution < -0.4 is 10.5 Å². The molecule has 1 aliphatic heterocycles. The van der Waals surface area contributed by atoms with Gasteiger partial charge < -0.3 is 15.5 Å². The molecule has 0 radical (unpaired) electrons. The molecule has 0 saturated heterocycles. The van der Waals surface area contributed by atoms with Crippen LogP contribution in [-0.4, -0.2) is 26.1 Å². The summed E-state index contributed by atoms with van der Waals surface area (Å²) in [6.45, 7) is 1.41. The number of nitrogens with one attached hydrogen (secondary N) is 1. The van der Waals surface area contributed by atoms with E-state index in [1.165, 1.54) is 0 Å². The van der Waals surface area contributed by atoms with E-state index in [1.807, 2.05) is 4.57 Å². The minimum absolute atomic E-state index is 0.590. The van der Waals surface area contributed by atoms with Crippen LogP contribution in [0.15, 0.2) is 12.5 Å². The second kappa shape index (κ2) is 2.50. The first-order valence-corrected chi connectivity index (χ1v) is 4.34. The molecule has 0 spiro atoms. The van der Waals surface area contributed by atoms with E-state index in [4.69, 9.17) is 10.5 Å². The van der Waals surface area contributed by atoms with Crippen LogP contribution in [0.3, 0.4) is 0 Å². The van der Waals surface area contributed by atoms with E-state index in [9.17, 15) is 0 Å². The Bertz CT molecular complexity index is 458. The highest BCUT2D eigenvalue weighted by Gasteiger charge is 2.21. The quantitative estimate of drug-likeness (QED) is 0.676. The van der Waals surface area contributed by atoms with Gasteiger partial charge >= 0.3 is 0 Å². The summed E-state index contributed by atoms with van der Waals surface area (Å²) in [5.41, 5.74) is 7.44. The van der Waals surface area contributed by atoms with Gasteiger partial charge in [-0.2, -0.15) is 4.98 Å². The third-order valence-electron chi connectivity index (χ3n) is 2.27. The fourth-order valence-electron chi connectivity index (χ4n) is 1.58. The van der Waals surface area contributed by atoms with Crippen molar-refractivity contribution in [2.45, 2.75) is 6.54 Å². The summed E-state index contributed by atoms with van der Waals surface area (Å²) in [5, 5.41) is 0. The molecule has 0 aliphatic carbocycles. The van der Waals surface area contributed by atoms with Gasteiger partial charge in [-0.25, -0.2) is 4.98 Å². The van der Waals surface area contributed by atoms with Gasteiger partial charge in [-0.15, -0.1) is 0 Å². The second-order valence-corrected chi connectivity index (χ2v) is 3.09. The van der Waals surface area contributed by atoms with Gasteiger partial charge in [0.05, 0.1) is 24.8 Å². The number of ether oxygens (including phenoxy) is 1. The molecule has 2 aromatic rings. The molecule has 72 valence electrons. The molecule has 0 unspecified atom stereocenters. The van der Waals surface area contributed by atoms with Crippen molar-refractivity contribution in [1.29, 1.82) is 0 Å². The third-order valence-corrected chi connectivity index (χ3v) is 2.27. The van der Waals surface area contributed by atoms with Gasteiger partial charge in [-0.3, -0.25) is 4.57 Å². The van der Waals surface area contributed by atoms with Crippen LogP contribution in [0, 0.1) is 0 Å². The van der Waals surface area contributed by atoms with Crippen LogP contribution in [-0.2, 0) is 6.54 Å². The molecular weight excluding hydrogens is 182 g/mol. The number of aromatic amines is 1. The van der Waals surface area contributed by atoms with Crippen molar-refractivity contribution in [2.24, 2.45) is 0 Å². The van der Waals surface area contributed by atoms with E-state index in [-0.39, 0.29) is 0 Å². The van der Waals surface area contributed by atoms with Crippen molar-refractivity contribution in [3.05, 3.63) is 12.5 Å². The number of imidazole rings is 2. The molecule has 1 aliphatic rings. The first kappa shape index (κ1) is 7.43. The Morgan fingerprint density at radius 1 is 1.57 bits per heavy atom. The fraction of sp³-hybridized carbons (Fsp3) is 0.250. The van der Waals surface area contributed by atoms with E-state index < -0.39 is 0 Å². The van der Waals surface area contributed by atoms with Crippen LogP contribution in [0.25, 0.3) is 11.4 Å². The molecule has 0 fully saturated rings. The SMILES string of the molecule is Nc1c(-c2cnc[nH]2)nc2n1CCO2. The summed E-state index contributed by atoms with van der Waals surface area (Å²) in [6.07, 6.45) is 3.29. The van der Waals surface area contributed by atoms with Gasteiger partial charge in [-0.1, -0.05) is 0 Å². The largest absolute Gasteiger partial charge is 0.463 e. The Morgan fingerprint density at radius 2 is 2.50 bits per heavy atom. The number of fused-ring (bicyclic) bond motifs is 1. The maximum Gasteiger partial charge on any atom is 0.298 e. The van der Waals surface area contributed by atoms with Crippen molar-refractivity contribution in [2.75, 3.05) is 12.3 Å². The van der Waals surface area contributed by atoms with Crippen LogP contribution in [0.5, 0.6) is 6.01 Å². The van der Waals surface area contributed by atoms with E-state index in [0.29, 0.717) is 24.1 Å². The number of hydrogen-bond donors (Lipinski definition) is 2. The van der Waals surface area contributed by atoms with Crippen molar-refractivity contribution >= 4 is 5.82 Å². The average molecular weight is 191 g/mol. The number of hydrogen-bond acceptors (Lipinski definition) is 4. The number of nitrogens with two attached hydrogens (primary N) is 1. The lowest BCUT2D eigenvalue weighted by atomic mass is 10.3. The molecule has 0 amide bonds. The molecule has 6 heteroatoms. The van der Waals surface area contributed by atoms with Gasteiger partial charge in [0.2, 0.25) is 0 Å². The maximum absolute atomic E-state index is 5.92. The monoisotopic (exact) mass is 191 g/mol. The van der Waals surface area contributed by atoms with Crippen LogP contribution >= 0.6 is 0 Å². The topological polar surface area (TPSA) is 81.8 Å². The molecular formula is C8H9N5O.